The number of benzene rings is 2. The Morgan fingerprint density at radius 3 is 1.85 bits per heavy atom. The van der Waals surface area contributed by atoms with Gasteiger partial charge >= 0.3 is 11.9 Å². The third-order valence-electron chi connectivity index (χ3n) is 6.22. The number of alkyl halides is 1. The molecule has 1 aliphatic rings. The van der Waals surface area contributed by atoms with E-state index in [1.54, 1.807) is 20.3 Å². The van der Waals surface area contributed by atoms with Crippen LogP contribution >= 0.6 is 15.9 Å². The van der Waals surface area contributed by atoms with Crippen LogP contribution in [0.2, 0.25) is 0 Å². The van der Waals surface area contributed by atoms with Crippen molar-refractivity contribution in [3.63, 3.8) is 0 Å². The number of aldehydes is 1. The average molecular weight is 628 g/mol. The van der Waals surface area contributed by atoms with Crippen molar-refractivity contribution in [3.05, 3.63) is 94.1 Å². The van der Waals surface area contributed by atoms with E-state index in [9.17, 15) is 14.4 Å². The molecule has 1 fully saturated rings. The van der Waals surface area contributed by atoms with Crippen LogP contribution in [0.1, 0.15) is 39.8 Å². The van der Waals surface area contributed by atoms with Crippen molar-refractivity contribution in [1.29, 1.82) is 0 Å². The molecule has 0 saturated carbocycles. The molecule has 3 rings (SSSR count). The average Bonchev–Trinajstić information content (AvgIpc) is 3.30. The van der Waals surface area contributed by atoms with Crippen LogP contribution < -0.4 is 9.47 Å². The molecule has 2 aromatic rings. The number of carbonyl (C=O) groups is 3. The van der Waals surface area contributed by atoms with Crippen LogP contribution in [0.5, 0.6) is 11.5 Å². The maximum Gasteiger partial charge on any atom is 0.334 e. The van der Waals surface area contributed by atoms with Crippen LogP contribution in [0.25, 0.3) is 12.2 Å². The summed E-state index contributed by atoms with van der Waals surface area (Å²) in [4.78, 5) is 31.8. The highest BCUT2D eigenvalue weighted by Gasteiger charge is 2.24. The summed E-state index contributed by atoms with van der Waals surface area (Å²) in [5.41, 5.74) is 7.60. The normalized spacial score (nSPS) is 14.0. The molecule has 0 bridgehead atoms. The van der Waals surface area contributed by atoms with Crippen LogP contribution in [0, 0.1) is 27.7 Å². The molecule has 220 valence electrons. The maximum atomic E-state index is 11.2. The van der Waals surface area contributed by atoms with E-state index < -0.39 is 0 Å². The van der Waals surface area contributed by atoms with E-state index in [0.717, 1.165) is 45.6 Å². The standard InChI is InChI=1S/C16H18O3.C12H14O2.C5H7BrO2/c1-10-7-13(9-15(18-4)12(10)3)5-6-14-8-11(2)16(17)19-14;1-9-7-11(5-4-6-13)8-12(14-3)10(9)2;1-4(3-6)5(7)8-2/h5-7,9,14H,2,8H2,1,3-4H3;4-8H,1-3H3;1,3H2,2H3/b6-5+;5-4+;. The topological polar surface area (TPSA) is 88.1 Å². The molecule has 7 nitrogen and oxygen atoms in total. The van der Waals surface area contributed by atoms with Crippen molar-refractivity contribution in [2.24, 2.45) is 0 Å². The first-order chi connectivity index (χ1) is 19.4. The number of aryl methyl sites for hydroxylation is 2. The van der Waals surface area contributed by atoms with Crippen molar-refractivity contribution >= 4 is 46.3 Å². The number of ether oxygens (including phenoxy) is 4. The summed E-state index contributed by atoms with van der Waals surface area (Å²) in [6.07, 6.45) is 8.21. The lowest BCUT2D eigenvalue weighted by molar-refractivity contribution is -0.137. The van der Waals surface area contributed by atoms with Crippen molar-refractivity contribution in [1.82, 2.24) is 0 Å². The smallest absolute Gasteiger partial charge is 0.334 e. The van der Waals surface area contributed by atoms with Gasteiger partial charge in [0.15, 0.2) is 0 Å². The van der Waals surface area contributed by atoms with E-state index in [-0.39, 0.29) is 18.0 Å². The number of hydrogen-bond donors (Lipinski definition) is 0. The zero-order valence-electron chi connectivity index (χ0n) is 24.8. The highest BCUT2D eigenvalue weighted by molar-refractivity contribution is 9.09. The number of methoxy groups -OCH3 is 3. The largest absolute Gasteiger partial charge is 0.496 e. The summed E-state index contributed by atoms with van der Waals surface area (Å²) in [5.74, 6) is 1.07. The van der Waals surface area contributed by atoms with Gasteiger partial charge in [0, 0.05) is 22.9 Å². The number of carbonyl (C=O) groups excluding carboxylic acids is 3. The first-order valence-corrected chi connectivity index (χ1v) is 13.9. The van der Waals surface area contributed by atoms with Crippen LogP contribution in [0.4, 0.5) is 0 Å². The van der Waals surface area contributed by atoms with Gasteiger partial charge in [-0.25, -0.2) is 9.59 Å². The number of halogens is 1. The fourth-order valence-electron chi connectivity index (χ4n) is 3.59. The summed E-state index contributed by atoms with van der Waals surface area (Å²) in [5, 5.41) is 0.472. The Kier molecular flexibility index (Phi) is 15.2. The summed E-state index contributed by atoms with van der Waals surface area (Å²) in [7, 11) is 4.64. The molecule has 1 heterocycles. The number of esters is 2. The van der Waals surface area contributed by atoms with Gasteiger partial charge in [0.1, 0.15) is 23.9 Å². The second-order valence-corrected chi connectivity index (χ2v) is 9.73. The molecule has 1 aliphatic heterocycles. The van der Waals surface area contributed by atoms with Gasteiger partial charge in [-0.3, -0.25) is 4.79 Å². The van der Waals surface area contributed by atoms with Gasteiger partial charge in [0.2, 0.25) is 0 Å². The van der Waals surface area contributed by atoms with E-state index in [0.29, 0.717) is 22.9 Å². The molecular weight excluding hydrogens is 588 g/mol. The Bertz CT molecular complexity index is 1290. The predicted molar refractivity (Wildman–Crippen MR) is 168 cm³/mol. The molecule has 1 atom stereocenters. The maximum absolute atomic E-state index is 11.2. The third-order valence-corrected chi connectivity index (χ3v) is 6.90. The van der Waals surface area contributed by atoms with E-state index >= 15 is 0 Å². The molecule has 0 N–H and O–H groups in total. The lowest BCUT2D eigenvalue weighted by atomic mass is 10.0. The van der Waals surface area contributed by atoms with Gasteiger partial charge in [-0.2, -0.15) is 0 Å². The molecule has 0 radical (unpaired) electrons. The first-order valence-electron chi connectivity index (χ1n) is 12.7. The molecule has 8 heteroatoms. The fraction of sp³-hybridized carbons (Fsp3) is 0.303. The number of rotatable bonds is 8. The minimum atomic E-state index is -0.359. The Morgan fingerprint density at radius 1 is 0.976 bits per heavy atom. The van der Waals surface area contributed by atoms with Gasteiger partial charge in [-0.15, -0.1) is 0 Å². The molecular formula is C33H39BrO7. The Hall–Kier alpha value is -3.91. The van der Waals surface area contributed by atoms with Gasteiger partial charge in [0.05, 0.1) is 21.3 Å². The van der Waals surface area contributed by atoms with E-state index in [2.05, 4.69) is 39.9 Å². The highest BCUT2D eigenvalue weighted by atomic mass is 79.9. The summed E-state index contributed by atoms with van der Waals surface area (Å²) < 4.78 is 20.0. The van der Waals surface area contributed by atoms with Crippen LogP contribution in [-0.2, 0) is 23.9 Å². The molecule has 1 saturated heterocycles. The zero-order valence-corrected chi connectivity index (χ0v) is 26.4. The van der Waals surface area contributed by atoms with Crippen molar-refractivity contribution in [3.8, 4) is 11.5 Å². The molecule has 0 amide bonds. The molecule has 1 unspecified atom stereocenters. The van der Waals surface area contributed by atoms with Crippen LogP contribution in [-0.4, -0.2) is 51.0 Å². The van der Waals surface area contributed by atoms with Crippen molar-refractivity contribution in [2.75, 3.05) is 26.7 Å². The monoisotopic (exact) mass is 626 g/mol. The molecule has 0 spiro atoms. The van der Waals surface area contributed by atoms with Crippen molar-refractivity contribution in [2.45, 2.75) is 40.2 Å². The number of hydrogen-bond acceptors (Lipinski definition) is 7. The first kappa shape index (κ1) is 35.1. The Balaban J connectivity index is 0.000000336. The third kappa shape index (κ3) is 11.2. The van der Waals surface area contributed by atoms with Gasteiger partial charge in [0.25, 0.3) is 0 Å². The molecule has 41 heavy (non-hydrogen) atoms. The Labute approximate surface area is 251 Å². The SMILES string of the molecule is C=C(CBr)C(=O)OC.C=C1CC(/C=C/c2cc(C)c(C)c(OC)c2)OC1=O.COc1cc(/C=C/C=O)cc(C)c1C. The predicted octanol–water partition coefficient (Wildman–Crippen LogP) is 6.83. The minimum Gasteiger partial charge on any atom is -0.496 e. The van der Waals surface area contributed by atoms with Crippen molar-refractivity contribution < 1.29 is 33.3 Å². The summed E-state index contributed by atoms with van der Waals surface area (Å²) in [6.45, 7) is 15.2. The van der Waals surface area contributed by atoms with Crippen LogP contribution in [0.15, 0.2) is 60.7 Å². The number of allylic oxidation sites excluding steroid dienone is 1. The highest BCUT2D eigenvalue weighted by Crippen LogP contribution is 2.26. The fourth-order valence-corrected chi connectivity index (χ4v) is 3.82. The van der Waals surface area contributed by atoms with E-state index in [4.69, 9.17) is 14.2 Å². The lowest BCUT2D eigenvalue weighted by Crippen LogP contribution is -2.03. The quantitative estimate of drug-likeness (QED) is 0.137. The lowest BCUT2D eigenvalue weighted by Gasteiger charge is -2.09. The summed E-state index contributed by atoms with van der Waals surface area (Å²) >= 11 is 3.06. The van der Waals surface area contributed by atoms with E-state index in [1.807, 2.05) is 58.0 Å². The number of cyclic esters (lactones) is 1. The van der Waals surface area contributed by atoms with Gasteiger partial charge in [-0.05, 0) is 85.4 Å². The van der Waals surface area contributed by atoms with Crippen LogP contribution in [0.3, 0.4) is 0 Å². The molecule has 0 aliphatic carbocycles. The zero-order chi connectivity index (χ0) is 31.1. The second-order valence-electron chi connectivity index (χ2n) is 9.16. The molecule has 0 aromatic heterocycles. The molecule has 2 aromatic carbocycles. The minimum absolute atomic E-state index is 0.201. The van der Waals surface area contributed by atoms with E-state index in [1.165, 1.54) is 18.7 Å². The second kappa shape index (κ2) is 17.7. The Morgan fingerprint density at radius 2 is 1.49 bits per heavy atom. The summed E-state index contributed by atoms with van der Waals surface area (Å²) in [6, 6.07) is 8.00. The van der Waals surface area contributed by atoms with Gasteiger partial charge < -0.3 is 18.9 Å². The van der Waals surface area contributed by atoms with Gasteiger partial charge in [-0.1, -0.05) is 53.4 Å².